The molecule has 0 atom stereocenters. The number of furan rings is 1. The van der Waals surface area contributed by atoms with Gasteiger partial charge >= 0.3 is 0 Å². The molecule has 1 fully saturated rings. The minimum absolute atomic E-state index is 0.0427. The van der Waals surface area contributed by atoms with E-state index < -0.39 is 0 Å². The smallest absolute Gasteiger partial charge is 0.247 e. The van der Waals surface area contributed by atoms with Crippen LogP contribution >= 0.6 is 0 Å². The van der Waals surface area contributed by atoms with E-state index in [0.717, 1.165) is 27.6 Å². The highest BCUT2D eigenvalue weighted by Gasteiger charge is 2.18. The van der Waals surface area contributed by atoms with Crippen molar-refractivity contribution in [3.05, 3.63) is 60.1 Å². The Morgan fingerprint density at radius 2 is 1.90 bits per heavy atom. The van der Waals surface area contributed by atoms with Gasteiger partial charge in [0.05, 0.1) is 26.6 Å². The molecular weight excluding hydrogens is 373 g/mol. The van der Waals surface area contributed by atoms with Crippen LogP contribution in [-0.2, 0) is 9.53 Å². The molecule has 0 spiro atoms. The lowest BCUT2D eigenvalue weighted by Gasteiger charge is -2.26. The summed E-state index contributed by atoms with van der Waals surface area (Å²) in [5, 5.41) is 0.874. The Hall–Kier alpha value is -3.12. The Morgan fingerprint density at radius 1 is 1.17 bits per heavy atom. The maximum absolute atomic E-state index is 13.3. The molecule has 0 radical (unpaired) electrons. The molecule has 4 rings (SSSR count). The fourth-order valence-electron chi connectivity index (χ4n) is 3.52. The molecule has 150 valence electrons. The summed E-state index contributed by atoms with van der Waals surface area (Å²) in [4.78, 5) is 14.4. The molecule has 1 saturated heterocycles. The summed E-state index contributed by atoms with van der Waals surface area (Å²) in [6, 6.07) is 10.0. The second kappa shape index (κ2) is 8.09. The van der Waals surface area contributed by atoms with Crippen LogP contribution in [0.3, 0.4) is 0 Å². The summed E-state index contributed by atoms with van der Waals surface area (Å²) in [6.07, 6.45) is 3.28. The van der Waals surface area contributed by atoms with Gasteiger partial charge in [-0.1, -0.05) is 12.1 Å². The van der Waals surface area contributed by atoms with Crippen molar-refractivity contribution in [1.29, 1.82) is 0 Å². The lowest BCUT2D eigenvalue weighted by molar-refractivity contribution is -0.129. The van der Waals surface area contributed by atoms with Crippen molar-refractivity contribution in [1.82, 2.24) is 4.90 Å². The highest BCUT2D eigenvalue weighted by Crippen LogP contribution is 2.37. The van der Waals surface area contributed by atoms with E-state index in [1.807, 2.05) is 19.1 Å². The molecule has 29 heavy (non-hydrogen) atoms. The van der Waals surface area contributed by atoms with Crippen LogP contribution < -0.4 is 4.74 Å². The number of carbonyl (C=O) groups is 1. The van der Waals surface area contributed by atoms with Crippen molar-refractivity contribution in [3.63, 3.8) is 0 Å². The normalized spacial score (nSPS) is 15.0. The second-order valence-corrected chi connectivity index (χ2v) is 6.97. The highest BCUT2D eigenvalue weighted by atomic mass is 19.1. The van der Waals surface area contributed by atoms with Crippen LogP contribution in [0.4, 0.5) is 4.39 Å². The monoisotopic (exact) mass is 395 g/mol. The summed E-state index contributed by atoms with van der Waals surface area (Å²) in [5.41, 5.74) is 3.98. The second-order valence-electron chi connectivity index (χ2n) is 6.97. The fraction of sp³-hybridized carbons (Fsp3) is 0.261. The number of hydrogen-bond donors (Lipinski definition) is 0. The van der Waals surface area contributed by atoms with Gasteiger partial charge in [-0.15, -0.1) is 0 Å². The van der Waals surface area contributed by atoms with Crippen molar-refractivity contribution < 1.29 is 23.1 Å². The van der Waals surface area contributed by atoms with E-state index in [1.54, 1.807) is 36.5 Å². The Bertz CT molecular complexity index is 1060. The van der Waals surface area contributed by atoms with E-state index in [-0.39, 0.29) is 11.7 Å². The minimum atomic E-state index is -0.288. The number of halogens is 1. The number of nitrogens with zero attached hydrogens (tertiary/aromatic N) is 1. The Labute approximate surface area is 168 Å². The Balaban J connectivity index is 1.74. The van der Waals surface area contributed by atoms with Gasteiger partial charge in [0, 0.05) is 41.7 Å². The number of carbonyl (C=O) groups excluding carboxylic acids is 1. The third kappa shape index (κ3) is 3.89. The topological polar surface area (TPSA) is 51.9 Å². The van der Waals surface area contributed by atoms with Crippen molar-refractivity contribution in [2.45, 2.75) is 6.92 Å². The zero-order chi connectivity index (χ0) is 20.4. The molecular formula is C23H22FNO4. The molecule has 2 heterocycles. The first-order valence-corrected chi connectivity index (χ1v) is 9.47. The van der Waals surface area contributed by atoms with Crippen molar-refractivity contribution in [3.8, 4) is 16.9 Å². The lowest BCUT2D eigenvalue weighted by Crippen LogP contribution is -2.39. The average molecular weight is 395 g/mol. The average Bonchev–Trinajstić information content (AvgIpc) is 3.16. The number of benzene rings is 2. The van der Waals surface area contributed by atoms with E-state index >= 15 is 0 Å². The maximum Gasteiger partial charge on any atom is 0.247 e. The van der Waals surface area contributed by atoms with Crippen LogP contribution in [0.15, 0.2) is 53.2 Å². The zero-order valence-electron chi connectivity index (χ0n) is 16.4. The van der Waals surface area contributed by atoms with Crippen LogP contribution in [0.2, 0.25) is 0 Å². The Kier molecular flexibility index (Phi) is 5.36. The number of morpholine rings is 1. The van der Waals surface area contributed by atoms with E-state index in [2.05, 4.69) is 0 Å². The third-order valence-corrected chi connectivity index (χ3v) is 5.14. The highest BCUT2D eigenvalue weighted by molar-refractivity contribution is 6.00. The largest absolute Gasteiger partial charge is 0.496 e. The number of amides is 1. The zero-order valence-corrected chi connectivity index (χ0v) is 16.4. The lowest BCUT2D eigenvalue weighted by atomic mass is 9.99. The number of allylic oxidation sites excluding steroid dienone is 1. The predicted octanol–water partition coefficient (Wildman–Crippen LogP) is 4.51. The molecule has 5 nitrogen and oxygen atoms in total. The molecule has 0 aliphatic carbocycles. The van der Waals surface area contributed by atoms with Crippen LogP contribution in [0.25, 0.3) is 27.7 Å². The van der Waals surface area contributed by atoms with E-state index in [0.29, 0.717) is 37.6 Å². The number of methoxy groups -OCH3 is 1. The van der Waals surface area contributed by atoms with Gasteiger partial charge in [-0.2, -0.15) is 0 Å². The van der Waals surface area contributed by atoms with Gasteiger partial charge in [-0.05, 0) is 36.3 Å². The predicted molar refractivity (Wildman–Crippen MR) is 109 cm³/mol. The van der Waals surface area contributed by atoms with Crippen molar-refractivity contribution in [2.24, 2.45) is 0 Å². The van der Waals surface area contributed by atoms with Crippen LogP contribution in [0.5, 0.6) is 5.75 Å². The summed E-state index contributed by atoms with van der Waals surface area (Å²) in [5.74, 6) is 0.296. The standard InChI is InChI=1S/C23H22FNO4/c1-15(11-23(26)25-7-9-28-10-8-25)18-12-19-20(16-3-5-17(24)6-4-16)14-29-22(19)13-21(18)27-2/h3-6,11-14H,7-10H2,1-2H3/b15-11+. The first-order valence-electron chi connectivity index (χ1n) is 9.47. The fourth-order valence-corrected chi connectivity index (χ4v) is 3.52. The molecule has 6 heteroatoms. The molecule has 2 aromatic carbocycles. The van der Waals surface area contributed by atoms with Gasteiger partial charge in [0.2, 0.25) is 5.91 Å². The molecule has 3 aromatic rings. The minimum Gasteiger partial charge on any atom is -0.496 e. The summed E-state index contributed by atoms with van der Waals surface area (Å²) < 4.78 is 29.8. The number of hydrogen-bond acceptors (Lipinski definition) is 4. The maximum atomic E-state index is 13.3. The van der Waals surface area contributed by atoms with Crippen molar-refractivity contribution >= 4 is 22.4 Å². The van der Waals surface area contributed by atoms with Gasteiger partial charge < -0.3 is 18.8 Å². The van der Waals surface area contributed by atoms with E-state index in [9.17, 15) is 9.18 Å². The first-order chi connectivity index (χ1) is 14.1. The number of rotatable bonds is 4. The first kappa shape index (κ1) is 19.2. The quantitative estimate of drug-likeness (QED) is 0.610. The van der Waals surface area contributed by atoms with Crippen LogP contribution in [0, 0.1) is 5.82 Å². The molecule has 0 bridgehead atoms. The van der Waals surface area contributed by atoms with E-state index in [4.69, 9.17) is 13.9 Å². The van der Waals surface area contributed by atoms with E-state index in [1.165, 1.54) is 12.1 Å². The Morgan fingerprint density at radius 3 is 2.59 bits per heavy atom. The SMILES string of the molecule is COc1cc2occ(-c3ccc(F)cc3)c2cc1/C(C)=C/C(=O)N1CCOCC1. The van der Waals surface area contributed by atoms with Gasteiger partial charge in [0.25, 0.3) is 0 Å². The third-order valence-electron chi connectivity index (χ3n) is 5.14. The van der Waals surface area contributed by atoms with Gasteiger partial charge in [-0.25, -0.2) is 4.39 Å². The molecule has 0 unspecified atom stereocenters. The van der Waals surface area contributed by atoms with Crippen LogP contribution in [-0.4, -0.2) is 44.2 Å². The number of ether oxygens (including phenoxy) is 2. The molecule has 1 aliphatic heterocycles. The van der Waals surface area contributed by atoms with Gasteiger partial charge in [-0.3, -0.25) is 4.79 Å². The molecule has 1 aromatic heterocycles. The van der Waals surface area contributed by atoms with Gasteiger partial charge in [0.15, 0.2) is 0 Å². The summed E-state index contributed by atoms with van der Waals surface area (Å²) in [6.45, 7) is 4.19. The number of fused-ring (bicyclic) bond motifs is 1. The molecule has 0 N–H and O–H groups in total. The van der Waals surface area contributed by atoms with Gasteiger partial charge in [0.1, 0.15) is 17.1 Å². The molecule has 0 saturated carbocycles. The molecule has 1 aliphatic rings. The summed E-state index contributed by atoms with van der Waals surface area (Å²) in [7, 11) is 1.59. The van der Waals surface area contributed by atoms with Crippen molar-refractivity contribution in [2.75, 3.05) is 33.4 Å². The summed E-state index contributed by atoms with van der Waals surface area (Å²) >= 11 is 0. The molecule has 1 amide bonds. The van der Waals surface area contributed by atoms with Crippen LogP contribution in [0.1, 0.15) is 12.5 Å².